The highest BCUT2D eigenvalue weighted by Gasteiger charge is 2.10. The number of nitrogens with one attached hydrogen (secondary N) is 2. The average Bonchev–Trinajstić information content (AvgIpc) is 3.22. The lowest BCUT2D eigenvalue weighted by Gasteiger charge is -2.10. The maximum absolute atomic E-state index is 5.87. The fraction of sp³-hybridized carbons (Fsp3) is 0.100. The van der Waals surface area contributed by atoms with Crippen LogP contribution in [-0.2, 0) is 5.75 Å². The standard InChI is InChI=1S/C20H19N7OS/c1-28-16-10-6-5-9-14(16)23-19-26-17(25-18(21)27-19)12-29-20-22-11-15(24-20)13-7-3-2-4-8-13/h2-11H,12H2,1H3,(H,22,24)(H3,21,23,25,26,27). The smallest absolute Gasteiger partial charge is 0.232 e. The number of hydrogen-bond donors (Lipinski definition) is 3. The minimum absolute atomic E-state index is 0.150. The van der Waals surface area contributed by atoms with E-state index in [-0.39, 0.29) is 5.95 Å². The molecule has 0 bridgehead atoms. The van der Waals surface area contributed by atoms with E-state index >= 15 is 0 Å². The van der Waals surface area contributed by atoms with Gasteiger partial charge in [-0.1, -0.05) is 54.2 Å². The number of imidazole rings is 1. The third-order valence-electron chi connectivity index (χ3n) is 4.03. The van der Waals surface area contributed by atoms with E-state index in [0.29, 0.717) is 23.3 Å². The topological polar surface area (TPSA) is 115 Å². The molecule has 0 saturated heterocycles. The predicted octanol–water partition coefficient (Wildman–Crippen LogP) is 3.89. The number of nitrogens with two attached hydrogens (primary N) is 1. The molecular weight excluding hydrogens is 386 g/mol. The number of benzene rings is 2. The van der Waals surface area contributed by atoms with Crippen LogP contribution < -0.4 is 15.8 Å². The Labute approximate surface area is 172 Å². The molecule has 0 aliphatic rings. The van der Waals surface area contributed by atoms with Crippen molar-refractivity contribution in [1.29, 1.82) is 0 Å². The summed E-state index contributed by atoms with van der Waals surface area (Å²) in [4.78, 5) is 20.5. The van der Waals surface area contributed by atoms with Gasteiger partial charge < -0.3 is 20.8 Å². The number of ether oxygens (including phenoxy) is 1. The van der Waals surface area contributed by atoms with Gasteiger partial charge in [-0.05, 0) is 17.7 Å². The molecule has 9 heteroatoms. The third-order valence-corrected chi connectivity index (χ3v) is 4.91. The Morgan fingerprint density at radius 1 is 1.03 bits per heavy atom. The van der Waals surface area contributed by atoms with E-state index in [1.807, 2.05) is 60.8 Å². The van der Waals surface area contributed by atoms with Crippen LogP contribution in [0.15, 0.2) is 66.0 Å². The molecule has 0 fully saturated rings. The molecule has 2 aromatic carbocycles. The number of aromatic nitrogens is 5. The van der Waals surface area contributed by atoms with Crippen LogP contribution in [0.5, 0.6) is 5.75 Å². The summed E-state index contributed by atoms with van der Waals surface area (Å²) < 4.78 is 5.34. The molecule has 0 spiro atoms. The molecule has 4 aromatic rings. The average molecular weight is 405 g/mol. The Hall–Kier alpha value is -3.59. The lowest BCUT2D eigenvalue weighted by atomic mass is 10.2. The van der Waals surface area contributed by atoms with Crippen LogP contribution in [0.4, 0.5) is 17.6 Å². The van der Waals surface area contributed by atoms with Gasteiger partial charge in [0.1, 0.15) is 11.6 Å². The van der Waals surface area contributed by atoms with Crippen molar-refractivity contribution in [3.63, 3.8) is 0 Å². The zero-order chi connectivity index (χ0) is 20.1. The van der Waals surface area contributed by atoms with E-state index < -0.39 is 0 Å². The van der Waals surface area contributed by atoms with Crippen molar-refractivity contribution in [1.82, 2.24) is 24.9 Å². The lowest BCUT2D eigenvalue weighted by Crippen LogP contribution is -2.07. The van der Waals surface area contributed by atoms with Gasteiger partial charge in [-0.3, -0.25) is 0 Å². The maximum Gasteiger partial charge on any atom is 0.232 e. The number of nitrogen functional groups attached to an aromatic ring is 1. The molecule has 0 saturated carbocycles. The summed E-state index contributed by atoms with van der Waals surface area (Å²) >= 11 is 1.49. The molecule has 146 valence electrons. The van der Waals surface area contributed by atoms with Crippen molar-refractivity contribution < 1.29 is 4.74 Å². The Kier molecular flexibility index (Phi) is 5.57. The van der Waals surface area contributed by atoms with Crippen molar-refractivity contribution in [2.45, 2.75) is 10.9 Å². The summed E-state index contributed by atoms with van der Waals surface area (Å²) in [7, 11) is 1.61. The second-order valence-electron chi connectivity index (χ2n) is 6.02. The summed E-state index contributed by atoms with van der Waals surface area (Å²) in [5, 5.41) is 3.91. The first-order valence-electron chi connectivity index (χ1n) is 8.85. The summed E-state index contributed by atoms with van der Waals surface area (Å²) in [5.41, 5.74) is 8.66. The molecule has 2 aromatic heterocycles. The molecule has 4 N–H and O–H groups in total. The second-order valence-corrected chi connectivity index (χ2v) is 6.98. The van der Waals surface area contributed by atoms with Crippen molar-refractivity contribution in [2.24, 2.45) is 0 Å². The first-order chi connectivity index (χ1) is 14.2. The first kappa shape index (κ1) is 18.8. The van der Waals surface area contributed by atoms with E-state index in [1.54, 1.807) is 7.11 Å². The van der Waals surface area contributed by atoms with E-state index in [1.165, 1.54) is 11.8 Å². The summed E-state index contributed by atoms with van der Waals surface area (Å²) in [6.45, 7) is 0. The van der Waals surface area contributed by atoms with Crippen LogP contribution in [0.2, 0.25) is 0 Å². The number of para-hydroxylation sites is 2. The fourth-order valence-corrected chi connectivity index (χ4v) is 3.40. The zero-order valence-electron chi connectivity index (χ0n) is 15.7. The molecule has 0 amide bonds. The van der Waals surface area contributed by atoms with E-state index in [4.69, 9.17) is 10.5 Å². The monoisotopic (exact) mass is 405 g/mol. The summed E-state index contributed by atoms with van der Waals surface area (Å²) in [6, 6.07) is 17.5. The quantitative estimate of drug-likeness (QED) is 0.397. The van der Waals surface area contributed by atoms with Crippen molar-refractivity contribution in [2.75, 3.05) is 18.2 Å². The van der Waals surface area contributed by atoms with Crippen LogP contribution >= 0.6 is 11.8 Å². The second kappa shape index (κ2) is 8.61. The third kappa shape index (κ3) is 4.64. The highest BCUT2D eigenvalue weighted by atomic mass is 32.2. The SMILES string of the molecule is COc1ccccc1Nc1nc(N)nc(CSc2ncc(-c3ccccc3)[nH]2)n1. The molecule has 0 radical (unpaired) electrons. The minimum atomic E-state index is 0.150. The van der Waals surface area contributed by atoms with Crippen LogP contribution in [0.3, 0.4) is 0 Å². The van der Waals surface area contributed by atoms with Gasteiger partial charge in [0, 0.05) is 0 Å². The molecule has 0 unspecified atom stereocenters. The molecule has 4 rings (SSSR count). The van der Waals surface area contributed by atoms with Gasteiger partial charge >= 0.3 is 0 Å². The van der Waals surface area contributed by atoms with Gasteiger partial charge in [-0.15, -0.1) is 0 Å². The Morgan fingerprint density at radius 2 is 1.83 bits per heavy atom. The molecule has 0 aliphatic heterocycles. The fourth-order valence-electron chi connectivity index (χ4n) is 2.70. The number of anilines is 3. The number of methoxy groups -OCH3 is 1. The van der Waals surface area contributed by atoms with Gasteiger partial charge in [0.25, 0.3) is 0 Å². The van der Waals surface area contributed by atoms with Gasteiger partial charge in [0.2, 0.25) is 11.9 Å². The van der Waals surface area contributed by atoms with Crippen molar-refractivity contribution in [3.8, 4) is 17.0 Å². The molecule has 0 atom stereocenters. The molecule has 2 heterocycles. The summed E-state index contributed by atoms with van der Waals surface area (Å²) in [5.74, 6) is 2.25. The number of rotatable bonds is 7. The maximum atomic E-state index is 5.87. The molecule has 0 aliphatic carbocycles. The van der Waals surface area contributed by atoms with Crippen LogP contribution in [0.1, 0.15) is 5.82 Å². The number of hydrogen-bond acceptors (Lipinski definition) is 8. The van der Waals surface area contributed by atoms with Crippen molar-refractivity contribution >= 4 is 29.3 Å². The predicted molar refractivity (Wildman–Crippen MR) is 114 cm³/mol. The largest absolute Gasteiger partial charge is 0.495 e. The molecular formula is C20H19N7OS. The lowest BCUT2D eigenvalue weighted by molar-refractivity contribution is 0.417. The van der Waals surface area contributed by atoms with Crippen LogP contribution in [0, 0.1) is 0 Å². The van der Waals surface area contributed by atoms with E-state index in [9.17, 15) is 0 Å². The van der Waals surface area contributed by atoms with E-state index in [2.05, 4.69) is 30.2 Å². The van der Waals surface area contributed by atoms with Gasteiger partial charge in [0.05, 0.1) is 30.4 Å². The normalized spacial score (nSPS) is 10.7. The van der Waals surface area contributed by atoms with Gasteiger partial charge in [-0.25, -0.2) is 4.98 Å². The van der Waals surface area contributed by atoms with Gasteiger partial charge in [-0.2, -0.15) is 15.0 Å². The van der Waals surface area contributed by atoms with Gasteiger partial charge in [0.15, 0.2) is 5.16 Å². The molecule has 8 nitrogen and oxygen atoms in total. The highest BCUT2D eigenvalue weighted by Crippen LogP contribution is 2.27. The summed E-state index contributed by atoms with van der Waals surface area (Å²) in [6.07, 6.45) is 1.81. The Bertz CT molecular complexity index is 1100. The highest BCUT2D eigenvalue weighted by molar-refractivity contribution is 7.98. The van der Waals surface area contributed by atoms with Crippen molar-refractivity contribution in [3.05, 3.63) is 66.6 Å². The van der Waals surface area contributed by atoms with Crippen LogP contribution in [-0.4, -0.2) is 32.0 Å². The number of H-pyrrole nitrogens is 1. The van der Waals surface area contributed by atoms with E-state index in [0.717, 1.165) is 22.1 Å². The van der Waals surface area contributed by atoms with Crippen LogP contribution in [0.25, 0.3) is 11.3 Å². The zero-order valence-corrected chi connectivity index (χ0v) is 16.5. The number of nitrogens with zero attached hydrogens (tertiary/aromatic N) is 4. The number of thioether (sulfide) groups is 1. The Balaban J connectivity index is 1.46. The molecule has 29 heavy (non-hydrogen) atoms. The first-order valence-corrected chi connectivity index (χ1v) is 9.83. The minimum Gasteiger partial charge on any atom is -0.495 e. The number of aromatic amines is 1. The Morgan fingerprint density at radius 3 is 2.66 bits per heavy atom.